The molecule has 2 fully saturated rings. The van der Waals surface area contributed by atoms with Crippen LogP contribution in [0.2, 0.25) is 0 Å². The number of hydrogen-bond acceptors (Lipinski definition) is 27. The molecule has 7 aliphatic rings. The minimum absolute atomic E-state index is 0.000552. The number of carbonyl (C=O) groups is 3. The third-order valence-electron chi connectivity index (χ3n) is 27.3. The van der Waals surface area contributed by atoms with Crippen molar-refractivity contribution in [3.05, 3.63) is 198 Å². The van der Waals surface area contributed by atoms with E-state index < -0.39 is 66.2 Å². The van der Waals surface area contributed by atoms with Crippen LogP contribution in [0.1, 0.15) is 155 Å². The van der Waals surface area contributed by atoms with Crippen LogP contribution >= 0.6 is 0 Å². The second-order valence-corrected chi connectivity index (χ2v) is 33.8. The Labute approximate surface area is 749 Å². The second kappa shape index (κ2) is 37.2. The topological polar surface area (TPSA) is 382 Å². The number of amides is 3. The van der Waals surface area contributed by atoms with Gasteiger partial charge in [-0.15, -0.1) is 0 Å². The summed E-state index contributed by atoms with van der Waals surface area (Å²) in [6.45, 7) is 9.66. The summed E-state index contributed by atoms with van der Waals surface area (Å²) in [5.41, 5.74) is 19.9. The van der Waals surface area contributed by atoms with Crippen LogP contribution in [0.3, 0.4) is 0 Å². The molecule has 1 aliphatic carbocycles. The summed E-state index contributed by atoms with van der Waals surface area (Å²) < 4.78 is 64.6. The summed E-state index contributed by atoms with van der Waals surface area (Å²) in [7, 11) is 16.3. The summed E-state index contributed by atoms with van der Waals surface area (Å²) in [5.74, 6) is 3.79. The molecule has 129 heavy (non-hydrogen) atoms. The van der Waals surface area contributed by atoms with Crippen LogP contribution in [0.15, 0.2) is 109 Å². The third-order valence-corrected chi connectivity index (χ3v) is 27.3. The molecule has 2 saturated heterocycles. The molecule has 0 saturated carbocycles. The smallest absolute Gasteiger partial charge is 0.407 e. The summed E-state index contributed by atoms with van der Waals surface area (Å²) in [6, 6.07) is 34.4. The fraction of sp³-hybridized carbons (Fsp3) is 0.404. The highest BCUT2D eigenvalue weighted by Gasteiger charge is 2.60. The highest BCUT2D eigenvalue weighted by molar-refractivity contribution is 5.96. The van der Waals surface area contributed by atoms with E-state index in [0.29, 0.717) is 172 Å². The molecule has 30 nitrogen and oxygen atoms in total. The van der Waals surface area contributed by atoms with Crippen molar-refractivity contribution in [3.8, 4) is 104 Å². The van der Waals surface area contributed by atoms with Crippen LogP contribution in [0, 0.1) is 50.4 Å². The monoisotopic (exact) mass is 1750 g/mol. The quantitative estimate of drug-likeness (QED) is 0.0222. The van der Waals surface area contributed by atoms with Crippen molar-refractivity contribution < 1.29 is 86.9 Å². The number of alkyl carbamates (subject to hydrolysis) is 1. The van der Waals surface area contributed by atoms with Gasteiger partial charge in [-0.05, 0) is 170 Å². The first kappa shape index (κ1) is 89.2. The van der Waals surface area contributed by atoms with E-state index in [4.69, 9.17) is 62.8 Å². The normalized spacial score (nSPS) is 20.3. The highest BCUT2D eigenvalue weighted by Crippen LogP contribution is 2.62. The lowest BCUT2D eigenvalue weighted by molar-refractivity contribution is -0.0724. The Kier molecular flexibility index (Phi) is 25.7. The van der Waals surface area contributed by atoms with E-state index in [0.717, 1.165) is 40.3 Å². The Balaban J connectivity index is 0.000000196. The number of hydrogen-bond donors (Lipinski definition) is 8. The number of fused-ring (bicyclic) bond motifs is 19. The van der Waals surface area contributed by atoms with Gasteiger partial charge in [-0.1, -0.05) is 60.7 Å². The summed E-state index contributed by atoms with van der Waals surface area (Å²) in [4.78, 5) is 58.7. The molecule has 6 aliphatic heterocycles. The number of likely N-dealkylation sites (N-methyl/N-ethyl adjacent to an activating group) is 2. The largest absolute Gasteiger partial charge is 0.504 e. The molecule has 0 spiro atoms. The molecule has 4 bridgehead atoms. The Morgan fingerprint density at radius 2 is 0.822 bits per heavy atom. The average Bonchev–Trinajstić information content (AvgIpc) is 1.51. The molecule has 8 heterocycles. The molecule has 10 atom stereocenters. The minimum atomic E-state index is -0.744. The van der Waals surface area contributed by atoms with Crippen molar-refractivity contribution in [2.45, 2.75) is 145 Å². The lowest BCUT2D eigenvalue weighted by atomic mass is 9.71. The molecule has 0 unspecified atom stereocenters. The molecule has 0 radical (unpaired) electrons. The number of benzene rings is 8. The van der Waals surface area contributed by atoms with Gasteiger partial charge in [0.2, 0.25) is 0 Å². The number of unbranched alkanes of at least 4 members (excludes halogenated alkanes) is 2. The number of rotatable bonds is 27. The number of nitriles is 2. The number of nitrogens with two attached hydrogens (primary N) is 1. The molecule has 674 valence electrons. The van der Waals surface area contributed by atoms with Gasteiger partial charge in [-0.2, -0.15) is 10.5 Å². The van der Waals surface area contributed by atoms with E-state index in [9.17, 15) is 45.3 Å². The van der Waals surface area contributed by atoms with Crippen molar-refractivity contribution in [2.24, 2.45) is 5.73 Å². The van der Waals surface area contributed by atoms with Crippen LogP contribution in [0.25, 0.3) is 32.9 Å². The van der Waals surface area contributed by atoms with Crippen molar-refractivity contribution in [1.29, 1.82) is 10.5 Å². The third kappa shape index (κ3) is 15.5. The maximum atomic E-state index is 14.2. The van der Waals surface area contributed by atoms with Gasteiger partial charge in [0.05, 0.1) is 117 Å². The Bertz CT molecular complexity index is 6090. The van der Waals surface area contributed by atoms with Gasteiger partial charge in [-0.3, -0.25) is 29.2 Å². The number of methoxy groups -OCH3 is 8. The lowest BCUT2D eigenvalue weighted by Crippen LogP contribution is -2.68. The van der Waals surface area contributed by atoms with E-state index in [-0.39, 0.29) is 83.6 Å². The number of piperazine rings is 2. The lowest BCUT2D eigenvalue weighted by Gasteiger charge is -2.60. The molecule has 17 rings (SSSR count). The van der Waals surface area contributed by atoms with Gasteiger partial charge in [0.1, 0.15) is 64.6 Å². The van der Waals surface area contributed by atoms with Crippen LogP contribution in [-0.2, 0) is 30.4 Å². The predicted molar refractivity (Wildman–Crippen MR) is 482 cm³/mol. The van der Waals surface area contributed by atoms with Crippen LogP contribution < -0.4 is 69.1 Å². The van der Waals surface area contributed by atoms with Crippen LogP contribution in [0.4, 0.5) is 4.79 Å². The molecule has 30 heteroatoms. The molecule has 2 aromatic heterocycles. The number of aromatic nitrogens is 2. The number of nitrogens with one attached hydrogen (secondary N) is 3. The number of carbonyl (C=O) groups excluding carboxylic acids is 3. The number of ether oxygens (including phenoxy) is 11. The summed E-state index contributed by atoms with van der Waals surface area (Å²) in [5, 5.41) is 80.7. The highest BCUT2D eigenvalue weighted by atomic mass is 16.6. The zero-order valence-corrected chi connectivity index (χ0v) is 75.0. The van der Waals surface area contributed by atoms with Gasteiger partial charge >= 0.3 is 6.09 Å². The summed E-state index contributed by atoms with van der Waals surface area (Å²) in [6.07, 6.45) is 4.17. The first-order valence-corrected chi connectivity index (χ1v) is 43.5. The summed E-state index contributed by atoms with van der Waals surface area (Å²) >= 11 is 0. The maximum Gasteiger partial charge on any atom is 0.407 e. The average molecular weight is 1760 g/mol. The van der Waals surface area contributed by atoms with E-state index in [1.165, 1.54) is 50.7 Å². The molecular weight excluding hydrogens is 1650 g/mol. The molecule has 3 amide bonds. The van der Waals surface area contributed by atoms with E-state index in [1.807, 2.05) is 109 Å². The number of nitrogens with zero attached hydrogens (tertiary/aromatic N) is 8. The van der Waals surface area contributed by atoms with Gasteiger partial charge in [0.15, 0.2) is 46.0 Å². The fourth-order valence-corrected chi connectivity index (χ4v) is 21.7. The fourth-order valence-electron chi connectivity index (χ4n) is 21.7. The zero-order chi connectivity index (χ0) is 91.2. The Hall–Kier alpha value is -13.2. The van der Waals surface area contributed by atoms with Crippen LogP contribution in [-0.4, -0.2) is 221 Å². The van der Waals surface area contributed by atoms with E-state index >= 15 is 0 Å². The van der Waals surface area contributed by atoms with Gasteiger partial charge in [0, 0.05) is 127 Å². The molecule has 10 aromatic rings. The molecule has 9 N–H and O–H groups in total. The first-order valence-electron chi connectivity index (χ1n) is 43.5. The molecule has 8 aromatic carbocycles. The number of phenols is 4. The maximum absolute atomic E-state index is 14.2. The van der Waals surface area contributed by atoms with Crippen molar-refractivity contribution in [1.82, 2.24) is 45.5 Å². The van der Waals surface area contributed by atoms with E-state index in [1.54, 1.807) is 46.6 Å². The minimum Gasteiger partial charge on any atom is -0.504 e. The Morgan fingerprint density at radius 3 is 1.20 bits per heavy atom. The number of aromatic hydroxyl groups is 4. The first-order chi connectivity index (χ1) is 62.5. The van der Waals surface area contributed by atoms with Crippen molar-refractivity contribution in [3.63, 3.8) is 0 Å². The van der Waals surface area contributed by atoms with E-state index in [2.05, 4.69) is 76.9 Å². The van der Waals surface area contributed by atoms with Crippen LogP contribution in [0.5, 0.6) is 80.5 Å². The second-order valence-electron chi connectivity index (χ2n) is 33.8. The van der Waals surface area contributed by atoms with Crippen molar-refractivity contribution >= 4 is 39.7 Å². The van der Waals surface area contributed by atoms with Gasteiger partial charge in [-0.25, -0.2) is 14.8 Å². The Morgan fingerprint density at radius 1 is 0.457 bits per heavy atom. The molecular formula is C99H110N12O18. The number of pyridine rings is 2. The standard InChI is InChI=1S/C57H60N6O10.C42H50N6O8/c1-30-52(68-4)38-26-44-49-48-39(53(69-5)31(2)55(71-7)51(48)65)25-43(62(49)3)45(27-58)63(44)46(47(38)50(64)54(30)70-6)28-60-56(66)42-20-18-32-24-33(19-21-41(32)61-42)72-23-13-12-22-59-57(67)73-29-40-36-16-10-8-14-34(36)35-15-9-11-17-37(35)40;1-21-38(52-4)25-18-30-35-34-26(39(53-5)22(2)41(55-7)37(34)50)17-29(47(35)3)31(19-44)48(30)32(33(25)36(49)40(21)54-6)20-45-42(51)28-12-10-23-16-24(11-13-27(23)46-28)56-15-9-8-14-43/h8-11,14-21,24,40,43-46,49,64-65H,12-13,22-23,25-26,28-29H2,1-7H3,(H,59,67)(H,60,66);10-13,16,29-32,35,49-50H,8-9,14-15,17-18,20,43H2,1-7H3,(H,45,51)/t43-,44-,45-,46-,49-;29-,30-,31-,32-,35-/m00/s1. The predicted octanol–water partition coefficient (Wildman–Crippen LogP) is 12.8. The van der Waals surface area contributed by atoms with Crippen molar-refractivity contribution in [2.75, 3.05) is 117 Å². The SMILES string of the molecule is COc1c(C)c(OC)c2c(c1O)[C@@H]1[C@@H]3Cc4c(OC)c(C)c(OC)c(O)c4[C@H](CNC(=O)c4ccc5cc(OCCCCN)ccc5n4)N3[C@@H](C#N)[C@H](C2)N1C.COc1c(C)c(OC)c2c(c1O)[C@@H]1[C@@H]3Cc4c(OC)c(C)c(OC)c(O)c4[C@H](CNC(=O)c4ccc5cc(OCCCCNC(=O)OCC6c7ccccc7-c7ccccc76)ccc5n4)N3[C@@H](C#N)[C@H](C2)N1C. The number of phenolic OH excluding ortho intramolecular Hbond substituents is 4. The van der Waals surface area contributed by atoms with Gasteiger partial charge < -0.3 is 94.2 Å². The zero-order valence-electron chi connectivity index (χ0n) is 75.0. The van der Waals surface area contributed by atoms with Gasteiger partial charge in [0.25, 0.3) is 11.8 Å².